The lowest BCUT2D eigenvalue weighted by Gasteiger charge is -2.27. The third-order valence-corrected chi connectivity index (χ3v) is 4.32. The number of benzene rings is 1. The highest BCUT2D eigenvalue weighted by molar-refractivity contribution is 5.48. The highest BCUT2D eigenvalue weighted by Crippen LogP contribution is 2.41. The van der Waals surface area contributed by atoms with E-state index in [9.17, 15) is 0 Å². The molecule has 2 aliphatic rings. The van der Waals surface area contributed by atoms with Crippen molar-refractivity contribution in [2.75, 3.05) is 20.7 Å². The van der Waals surface area contributed by atoms with Gasteiger partial charge in [-0.2, -0.15) is 0 Å². The molecule has 2 nitrogen and oxygen atoms in total. The maximum atomic E-state index is 5.56. The van der Waals surface area contributed by atoms with Crippen molar-refractivity contribution in [2.24, 2.45) is 0 Å². The Bertz CT molecular complexity index is 427. The molecule has 1 aromatic carbocycles. The number of methoxy groups -OCH3 is 1. The van der Waals surface area contributed by atoms with Crippen LogP contribution in [0.3, 0.4) is 0 Å². The lowest BCUT2D eigenvalue weighted by molar-refractivity contribution is 0.315. The summed E-state index contributed by atoms with van der Waals surface area (Å²) in [4.78, 5) is 2.43. The first-order valence-corrected chi connectivity index (χ1v) is 6.67. The van der Waals surface area contributed by atoms with Crippen molar-refractivity contribution in [1.29, 1.82) is 0 Å². The van der Waals surface area contributed by atoms with Gasteiger partial charge in [0.2, 0.25) is 0 Å². The topological polar surface area (TPSA) is 12.5 Å². The zero-order chi connectivity index (χ0) is 11.8. The van der Waals surface area contributed by atoms with Crippen molar-refractivity contribution in [2.45, 2.75) is 38.1 Å². The van der Waals surface area contributed by atoms with E-state index in [-0.39, 0.29) is 0 Å². The smallest absolute Gasteiger partial charge is 0.123 e. The van der Waals surface area contributed by atoms with Crippen LogP contribution in [0.4, 0.5) is 0 Å². The number of aryl methyl sites for hydroxylation is 1. The fourth-order valence-corrected chi connectivity index (χ4v) is 3.47. The van der Waals surface area contributed by atoms with Gasteiger partial charge in [0.1, 0.15) is 5.75 Å². The summed E-state index contributed by atoms with van der Waals surface area (Å²) in [5.41, 5.74) is 4.65. The van der Waals surface area contributed by atoms with Gasteiger partial charge in [0.15, 0.2) is 0 Å². The Kier molecular flexibility index (Phi) is 2.83. The Morgan fingerprint density at radius 3 is 3.00 bits per heavy atom. The fraction of sp³-hybridized carbons (Fsp3) is 0.600. The molecule has 1 aliphatic heterocycles. The van der Waals surface area contributed by atoms with Crippen molar-refractivity contribution in [3.8, 4) is 5.75 Å². The van der Waals surface area contributed by atoms with Gasteiger partial charge in [0, 0.05) is 12.1 Å². The molecule has 0 saturated carbocycles. The quantitative estimate of drug-likeness (QED) is 0.737. The molecule has 0 saturated heterocycles. The Morgan fingerprint density at radius 2 is 2.18 bits per heavy atom. The van der Waals surface area contributed by atoms with Gasteiger partial charge in [-0.05, 0) is 62.4 Å². The zero-order valence-electron chi connectivity index (χ0n) is 10.8. The fourth-order valence-electron chi connectivity index (χ4n) is 3.47. The maximum Gasteiger partial charge on any atom is 0.123 e. The molecule has 0 fully saturated rings. The maximum absolute atomic E-state index is 5.56. The molecule has 0 unspecified atom stereocenters. The summed E-state index contributed by atoms with van der Waals surface area (Å²) >= 11 is 0. The molecule has 0 radical (unpaired) electrons. The van der Waals surface area contributed by atoms with E-state index in [1.54, 1.807) is 18.2 Å². The Balaban J connectivity index is 2.15. The lowest BCUT2D eigenvalue weighted by atomic mass is 9.79. The SMILES string of the molecule is COc1ccc2c3c1CN(C)CC[C@@H]3CCC2. The van der Waals surface area contributed by atoms with E-state index in [0.29, 0.717) is 0 Å². The van der Waals surface area contributed by atoms with Gasteiger partial charge in [0.25, 0.3) is 0 Å². The normalized spacial score (nSPS) is 24.0. The molecule has 2 heteroatoms. The minimum Gasteiger partial charge on any atom is -0.496 e. The standard InChI is InChI=1S/C15H21NO/c1-16-9-8-12-5-3-4-11-6-7-14(17-2)13(10-16)15(11)12/h6-7,12H,3-5,8-10H2,1-2H3/t12-/m0/s1. The highest BCUT2D eigenvalue weighted by atomic mass is 16.5. The number of rotatable bonds is 1. The van der Waals surface area contributed by atoms with E-state index < -0.39 is 0 Å². The van der Waals surface area contributed by atoms with Gasteiger partial charge in [0.05, 0.1) is 7.11 Å². The third kappa shape index (κ3) is 1.85. The largest absolute Gasteiger partial charge is 0.496 e. The van der Waals surface area contributed by atoms with Crippen LogP contribution in [0.5, 0.6) is 5.75 Å². The van der Waals surface area contributed by atoms with Crippen molar-refractivity contribution in [3.05, 3.63) is 28.8 Å². The second kappa shape index (κ2) is 4.34. The summed E-state index contributed by atoms with van der Waals surface area (Å²) in [5, 5.41) is 0. The first kappa shape index (κ1) is 11.1. The van der Waals surface area contributed by atoms with Crippen LogP contribution < -0.4 is 4.74 Å². The summed E-state index contributed by atoms with van der Waals surface area (Å²) in [6.45, 7) is 2.25. The Morgan fingerprint density at radius 1 is 1.29 bits per heavy atom. The van der Waals surface area contributed by atoms with Crippen molar-refractivity contribution >= 4 is 0 Å². The van der Waals surface area contributed by atoms with Gasteiger partial charge in [-0.15, -0.1) is 0 Å². The molecule has 92 valence electrons. The molecule has 17 heavy (non-hydrogen) atoms. The minimum absolute atomic E-state index is 0.772. The Labute approximate surface area is 104 Å². The zero-order valence-corrected chi connectivity index (χ0v) is 10.8. The average Bonchev–Trinajstić information content (AvgIpc) is 2.52. The van der Waals surface area contributed by atoms with Crippen LogP contribution in [0.25, 0.3) is 0 Å². The minimum atomic E-state index is 0.772. The molecule has 1 heterocycles. The molecule has 0 amide bonds. The summed E-state index contributed by atoms with van der Waals surface area (Å²) in [6.07, 6.45) is 5.28. The summed E-state index contributed by atoms with van der Waals surface area (Å²) in [7, 11) is 4.01. The van der Waals surface area contributed by atoms with E-state index in [2.05, 4.69) is 24.1 Å². The monoisotopic (exact) mass is 231 g/mol. The van der Waals surface area contributed by atoms with Crippen LogP contribution in [0, 0.1) is 0 Å². The van der Waals surface area contributed by atoms with Crippen LogP contribution >= 0.6 is 0 Å². The molecule has 0 N–H and O–H groups in total. The molecular weight excluding hydrogens is 210 g/mol. The van der Waals surface area contributed by atoms with Gasteiger partial charge in [-0.1, -0.05) is 6.07 Å². The first-order chi connectivity index (χ1) is 8.29. The van der Waals surface area contributed by atoms with Crippen LogP contribution in [-0.4, -0.2) is 25.6 Å². The third-order valence-electron chi connectivity index (χ3n) is 4.32. The van der Waals surface area contributed by atoms with Crippen LogP contribution in [0.1, 0.15) is 41.9 Å². The molecule has 0 aromatic heterocycles. The number of nitrogens with zero attached hydrogens (tertiary/aromatic N) is 1. The molecule has 1 atom stereocenters. The predicted molar refractivity (Wildman–Crippen MR) is 69.6 cm³/mol. The number of ether oxygens (including phenoxy) is 1. The van der Waals surface area contributed by atoms with E-state index in [0.717, 1.165) is 18.2 Å². The number of hydrogen-bond donors (Lipinski definition) is 0. The summed E-state index contributed by atoms with van der Waals surface area (Å²) < 4.78 is 5.56. The van der Waals surface area contributed by atoms with Gasteiger partial charge in [-0.25, -0.2) is 0 Å². The van der Waals surface area contributed by atoms with Gasteiger partial charge in [-0.3, -0.25) is 0 Å². The van der Waals surface area contributed by atoms with E-state index in [1.165, 1.54) is 37.8 Å². The van der Waals surface area contributed by atoms with Gasteiger partial charge >= 0.3 is 0 Å². The Hall–Kier alpha value is -1.02. The van der Waals surface area contributed by atoms with Crippen molar-refractivity contribution in [3.63, 3.8) is 0 Å². The van der Waals surface area contributed by atoms with Crippen LogP contribution in [0.2, 0.25) is 0 Å². The molecule has 1 aliphatic carbocycles. The second-order valence-corrected chi connectivity index (χ2v) is 5.43. The molecule has 0 bridgehead atoms. The van der Waals surface area contributed by atoms with Crippen LogP contribution in [0.15, 0.2) is 12.1 Å². The molecule has 1 aromatic rings. The van der Waals surface area contributed by atoms with Crippen LogP contribution in [-0.2, 0) is 13.0 Å². The number of hydrogen-bond acceptors (Lipinski definition) is 2. The average molecular weight is 231 g/mol. The lowest BCUT2D eigenvalue weighted by Crippen LogP contribution is -2.17. The molecule has 3 rings (SSSR count). The van der Waals surface area contributed by atoms with E-state index >= 15 is 0 Å². The summed E-state index contributed by atoms with van der Waals surface area (Å²) in [5.74, 6) is 1.86. The van der Waals surface area contributed by atoms with E-state index in [4.69, 9.17) is 4.74 Å². The van der Waals surface area contributed by atoms with E-state index in [1.807, 2.05) is 0 Å². The predicted octanol–water partition coefficient (Wildman–Crippen LogP) is 2.95. The highest BCUT2D eigenvalue weighted by Gasteiger charge is 2.28. The van der Waals surface area contributed by atoms with Gasteiger partial charge < -0.3 is 9.64 Å². The summed E-state index contributed by atoms with van der Waals surface area (Å²) in [6, 6.07) is 4.45. The van der Waals surface area contributed by atoms with Crippen molar-refractivity contribution in [1.82, 2.24) is 4.90 Å². The molecular formula is C15H21NO. The second-order valence-electron chi connectivity index (χ2n) is 5.43. The molecule has 0 spiro atoms. The van der Waals surface area contributed by atoms with Crippen molar-refractivity contribution < 1.29 is 4.74 Å². The first-order valence-electron chi connectivity index (χ1n) is 6.67.